The van der Waals surface area contributed by atoms with Crippen LogP contribution in [0, 0.1) is 0 Å². The molecule has 0 saturated heterocycles. The number of nitrogens with zero attached hydrogens (tertiary/aromatic N) is 2. The molecule has 8 heteroatoms. The van der Waals surface area contributed by atoms with Gasteiger partial charge in [0.25, 0.3) is 0 Å². The molecule has 0 amide bonds. The number of nitrogens with one attached hydrogen (secondary N) is 2. The standard InChI is InChI=1S/C13H18N6O2/c1-20-9-4-3-8(10(5-9)21-2)7-16-11-6-12(19-15)18-13(14)17-11/h3-6H,7,15H2,1-2H3,(H4,14,16,17,18,19). The third-order valence-corrected chi connectivity index (χ3v) is 2.85. The zero-order valence-corrected chi connectivity index (χ0v) is 11.9. The van der Waals surface area contributed by atoms with Gasteiger partial charge in [-0.25, -0.2) is 5.84 Å². The van der Waals surface area contributed by atoms with Gasteiger partial charge in [-0.2, -0.15) is 9.97 Å². The van der Waals surface area contributed by atoms with Gasteiger partial charge in [-0.1, -0.05) is 0 Å². The van der Waals surface area contributed by atoms with Crippen molar-refractivity contribution in [3.05, 3.63) is 29.8 Å². The summed E-state index contributed by atoms with van der Waals surface area (Å²) in [4.78, 5) is 7.99. The molecule has 2 rings (SSSR count). The van der Waals surface area contributed by atoms with Crippen molar-refractivity contribution in [3.63, 3.8) is 0 Å². The summed E-state index contributed by atoms with van der Waals surface area (Å²) in [6, 6.07) is 7.25. The monoisotopic (exact) mass is 290 g/mol. The molecule has 8 nitrogen and oxygen atoms in total. The van der Waals surface area contributed by atoms with E-state index in [0.29, 0.717) is 18.2 Å². The lowest BCUT2D eigenvalue weighted by molar-refractivity contribution is 0.391. The van der Waals surface area contributed by atoms with E-state index in [9.17, 15) is 0 Å². The first-order chi connectivity index (χ1) is 10.2. The molecule has 0 fully saturated rings. The van der Waals surface area contributed by atoms with Crippen LogP contribution in [-0.4, -0.2) is 24.2 Å². The Hall–Kier alpha value is -2.74. The number of hydrogen-bond acceptors (Lipinski definition) is 8. The van der Waals surface area contributed by atoms with Crippen LogP contribution in [0.15, 0.2) is 24.3 Å². The van der Waals surface area contributed by atoms with E-state index in [0.717, 1.165) is 17.1 Å². The van der Waals surface area contributed by atoms with Gasteiger partial charge in [-0.3, -0.25) is 0 Å². The first-order valence-electron chi connectivity index (χ1n) is 6.22. The van der Waals surface area contributed by atoms with Crippen molar-refractivity contribution in [2.45, 2.75) is 6.54 Å². The average molecular weight is 290 g/mol. The average Bonchev–Trinajstić information content (AvgIpc) is 2.52. The highest BCUT2D eigenvalue weighted by Crippen LogP contribution is 2.25. The predicted molar refractivity (Wildman–Crippen MR) is 81.1 cm³/mol. The molecule has 112 valence electrons. The summed E-state index contributed by atoms with van der Waals surface area (Å²) in [6.45, 7) is 0.508. The molecule has 1 heterocycles. The highest BCUT2D eigenvalue weighted by molar-refractivity contribution is 5.51. The fourth-order valence-corrected chi connectivity index (χ4v) is 1.81. The van der Waals surface area contributed by atoms with Crippen molar-refractivity contribution in [1.82, 2.24) is 9.97 Å². The van der Waals surface area contributed by atoms with Crippen LogP contribution >= 0.6 is 0 Å². The number of benzene rings is 1. The SMILES string of the molecule is COc1ccc(CNc2cc(NN)nc(N)n2)c(OC)c1. The van der Waals surface area contributed by atoms with Crippen LogP contribution in [0.2, 0.25) is 0 Å². The summed E-state index contributed by atoms with van der Waals surface area (Å²) >= 11 is 0. The molecule has 0 spiro atoms. The molecule has 0 saturated carbocycles. The molecule has 6 N–H and O–H groups in total. The number of nitrogen functional groups attached to an aromatic ring is 2. The van der Waals surface area contributed by atoms with Gasteiger partial charge in [0.2, 0.25) is 5.95 Å². The first kappa shape index (κ1) is 14.7. The van der Waals surface area contributed by atoms with Crippen LogP contribution in [0.1, 0.15) is 5.56 Å². The molecule has 0 atom stereocenters. The van der Waals surface area contributed by atoms with Crippen molar-refractivity contribution < 1.29 is 9.47 Å². The number of aromatic nitrogens is 2. The van der Waals surface area contributed by atoms with E-state index in [1.54, 1.807) is 20.3 Å². The van der Waals surface area contributed by atoms with Crippen molar-refractivity contribution in [2.75, 3.05) is 30.7 Å². The second-order valence-electron chi connectivity index (χ2n) is 4.17. The minimum absolute atomic E-state index is 0.134. The number of hydrogen-bond donors (Lipinski definition) is 4. The Morgan fingerprint density at radius 1 is 1.10 bits per heavy atom. The van der Waals surface area contributed by atoms with Crippen LogP contribution in [0.25, 0.3) is 0 Å². The van der Waals surface area contributed by atoms with Gasteiger partial charge < -0.3 is 25.9 Å². The topological polar surface area (TPSA) is 120 Å². The van der Waals surface area contributed by atoms with Crippen LogP contribution in [0.3, 0.4) is 0 Å². The lowest BCUT2D eigenvalue weighted by Crippen LogP contribution is -2.12. The van der Waals surface area contributed by atoms with Crippen molar-refractivity contribution >= 4 is 17.6 Å². The summed E-state index contributed by atoms with van der Waals surface area (Å²) in [6.07, 6.45) is 0. The van der Waals surface area contributed by atoms with Gasteiger partial charge >= 0.3 is 0 Å². The Bertz CT molecular complexity index is 620. The van der Waals surface area contributed by atoms with Crippen LogP contribution in [0.5, 0.6) is 11.5 Å². The highest BCUT2D eigenvalue weighted by atomic mass is 16.5. The molecular weight excluding hydrogens is 272 g/mol. The van der Waals surface area contributed by atoms with Gasteiger partial charge in [-0.05, 0) is 12.1 Å². The number of anilines is 3. The van der Waals surface area contributed by atoms with Crippen molar-refractivity contribution in [2.24, 2.45) is 5.84 Å². The maximum Gasteiger partial charge on any atom is 0.223 e. The van der Waals surface area contributed by atoms with E-state index >= 15 is 0 Å². The Kier molecular flexibility index (Phi) is 4.62. The third-order valence-electron chi connectivity index (χ3n) is 2.85. The molecule has 0 unspecified atom stereocenters. The zero-order chi connectivity index (χ0) is 15.2. The molecule has 0 aliphatic carbocycles. The number of ether oxygens (including phenoxy) is 2. The molecule has 0 bridgehead atoms. The number of hydrazine groups is 1. The molecule has 2 aromatic rings. The first-order valence-corrected chi connectivity index (χ1v) is 6.22. The van der Waals surface area contributed by atoms with Crippen molar-refractivity contribution in [3.8, 4) is 11.5 Å². The second-order valence-corrected chi connectivity index (χ2v) is 4.17. The fourth-order valence-electron chi connectivity index (χ4n) is 1.81. The maximum absolute atomic E-state index is 5.60. The minimum atomic E-state index is 0.134. The summed E-state index contributed by atoms with van der Waals surface area (Å²) in [7, 11) is 3.22. The van der Waals surface area contributed by atoms with E-state index < -0.39 is 0 Å². The van der Waals surface area contributed by atoms with E-state index in [-0.39, 0.29) is 5.95 Å². The Balaban J connectivity index is 2.14. The number of rotatable bonds is 6. The molecule has 1 aromatic carbocycles. The molecule has 21 heavy (non-hydrogen) atoms. The van der Waals surface area contributed by atoms with Gasteiger partial charge in [0, 0.05) is 24.2 Å². The number of methoxy groups -OCH3 is 2. The third kappa shape index (κ3) is 3.63. The molecule has 0 radical (unpaired) electrons. The van der Waals surface area contributed by atoms with Crippen LogP contribution < -0.4 is 31.8 Å². The lowest BCUT2D eigenvalue weighted by atomic mass is 10.2. The smallest absolute Gasteiger partial charge is 0.223 e. The summed E-state index contributed by atoms with van der Waals surface area (Å²) in [5, 5.41) is 3.14. The Morgan fingerprint density at radius 2 is 1.86 bits per heavy atom. The highest BCUT2D eigenvalue weighted by Gasteiger charge is 2.06. The van der Waals surface area contributed by atoms with E-state index in [4.69, 9.17) is 21.1 Å². The fraction of sp³-hybridized carbons (Fsp3) is 0.231. The lowest BCUT2D eigenvalue weighted by Gasteiger charge is -2.12. The van der Waals surface area contributed by atoms with Gasteiger partial charge in [0.15, 0.2) is 0 Å². The largest absolute Gasteiger partial charge is 0.497 e. The molecule has 0 aliphatic rings. The predicted octanol–water partition coefficient (Wildman–Crippen LogP) is 0.974. The minimum Gasteiger partial charge on any atom is -0.497 e. The summed E-state index contributed by atoms with van der Waals surface area (Å²) < 4.78 is 10.5. The molecule has 1 aromatic heterocycles. The van der Waals surface area contributed by atoms with Crippen LogP contribution in [-0.2, 0) is 6.54 Å². The van der Waals surface area contributed by atoms with E-state index in [1.165, 1.54) is 0 Å². The zero-order valence-electron chi connectivity index (χ0n) is 11.9. The van der Waals surface area contributed by atoms with Crippen molar-refractivity contribution in [1.29, 1.82) is 0 Å². The van der Waals surface area contributed by atoms with Gasteiger partial charge in [0.05, 0.1) is 14.2 Å². The van der Waals surface area contributed by atoms with E-state index in [1.807, 2.05) is 18.2 Å². The summed E-state index contributed by atoms with van der Waals surface area (Å²) in [5.74, 6) is 7.90. The second kappa shape index (κ2) is 6.62. The maximum atomic E-state index is 5.60. The van der Waals surface area contributed by atoms with Gasteiger partial charge in [-0.15, -0.1) is 0 Å². The Morgan fingerprint density at radius 3 is 2.52 bits per heavy atom. The van der Waals surface area contributed by atoms with Gasteiger partial charge in [0.1, 0.15) is 23.1 Å². The number of nitrogens with two attached hydrogens (primary N) is 2. The molecule has 0 aliphatic heterocycles. The van der Waals surface area contributed by atoms with Crippen LogP contribution in [0.4, 0.5) is 17.6 Å². The normalized spacial score (nSPS) is 10.0. The quantitative estimate of drug-likeness (QED) is 0.459. The van der Waals surface area contributed by atoms with E-state index in [2.05, 4.69) is 20.7 Å². The Labute approximate surface area is 122 Å². The molecular formula is C13H18N6O2. The summed E-state index contributed by atoms with van der Waals surface area (Å²) in [5.41, 5.74) is 8.99.